The normalized spacial score (nSPS) is 11.5. The van der Waals surface area contributed by atoms with Crippen molar-refractivity contribution in [2.75, 3.05) is 0 Å². The first-order valence-corrected chi connectivity index (χ1v) is 6.88. The van der Waals surface area contributed by atoms with Crippen molar-refractivity contribution in [1.29, 1.82) is 0 Å². The molecule has 1 heterocycles. The highest BCUT2D eigenvalue weighted by Crippen LogP contribution is 2.30. The molecule has 3 rings (SSSR count). The summed E-state index contributed by atoms with van der Waals surface area (Å²) in [6.45, 7) is 4.11. The molecule has 0 aliphatic heterocycles. The molecule has 0 spiro atoms. The van der Waals surface area contributed by atoms with Gasteiger partial charge in [-0.25, -0.2) is 4.98 Å². The van der Waals surface area contributed by atoms with Gasteiger partial charge in [-0.05, 0) is 37.6 Å². The largest absolute Gasteiger partial charge is 0.231 e. The molecule has 3 aromatic rings. The number of nitrogens with zero attached hydrogens (tertiary/aromatic N) is 3. The zero-order chi connectivity index (χ0) is 13.2. The molecule has 0 fully saturated rings. The summed E-state index contributed by atoms with van der Waals surface area (Å²) < 4.78 is 1.15. The SMILES string of the molecule is Cc1ccc(N=Nc2nc3c(C)cccc3s2)cc1. The van der Waals surface area contributed by atoms with Crippen LogP contribution < -0.4 is 0 Å². The number of hydrogen-bond acceptors (Lipinski definition) is 4. The minimum Gasteiger partial charge on any atom is -0.217 e. The minimum absolute atomic E-state index is 0.699. The molecule has 0 aliphatic carbocycles. The van der Waals surface area contributed by atoms with E-state index in [2.05, 4.69) is 41.2 Å². The molecule has 0 radical (unpaired) electrons. The lowest BCUT2D eigenvalue weighted by Crippen LogP contribution is -1.73. The van der Waals surface area contributed by atoms with E-state index in [0.29, 0.717) is 5.13 Å². The number of aromatic nitrogens is 1. The summed E-state index contributed by atoms with van der Waals surface area (Å²) in [5, 5.41) is 9.13. The third-order valence-corrected chi connectivity index (χ3v) is 3.80. The molecule has 0 unspecified atom stereocenters. The summed E-state index contributed by atoms with van der Waals surface area (Å²) in [6, 6.07) is 14.1. The van der Waals surface area contributed by atoms with Gasteiger partial charge < -0.3 is 0 Å². The van der Waals surface area contributed by atoms with Crippen molar-refractivity contribution >= 4 is 32.4 Å². The second-order valence-corrected chi connectivity index (χ2v) is 5.46. The molecule has 0 saturated carbocycles. The maximum Gasteiger partial charge on any atom is 0.231 e. The smallest absolute Gasteiger partial charge is 0.217 e. The summed E-state index contributed by atoms with van der Waals surface area (Å²) in [5.74, 6) is 0. The van der Waals surface area contributed by atoms with Crippen molar-refractivity contribution in [3.63, 3.8) is 0 Å². The molecule has 2 aromatic carbocycles. The molecular weight excluding hydrogens is 254 g/mol. The summed E-state index contributed by atoms with van der Waals surface area (Å²) >= 11 is 1.56. The first-order chi connectivity index (χ1) is 9.22. The topological polar surface area (TPSA) is 37.6 Å². The van der Waals surface area contributed by atoms with E-state index >= 15 is 0 Å². The van der Waals surface area contributed by atoms with Crippen LogP contribution in [-0.2, 0) is 0 Å². The highest BCUT2D eigenvalue weighted by atomic mass is 32.1. The monoisotopic (exact) mass is 267 g/mol. The Hall–Kier alpha value is -2.07. The predicted octanol–water partition coefficient (Wildman–Crippen LogP) is 5.33. The van der Waals surface area contributed by atoms with E-state index in [4.69, 9.17) is 0 Å². The average Bonchev–Trinajstić information content (AvgIpc) is 2.83. The van der Waals surface area contributed by atoms with Gasteiger partial charge in [0.15, 0.2) is 0 Å². The number of para-hydroxylation sites is 1. The lowest BCUT2D eigenvalue weighted by molar-refractivity contribution is 1.20. The van der Waals surface area contributed by atoms with Crippen LogP contribution in [0.15, 0.2) is 52.7 Å². The Bertz CT molecular complexity index is 742. The van der Waals surface area contributed by atoms with Crippen molar-refractivity contribution < 1.29 is 0 Å². The molecule has 0 bridgehead atoms. The van der Waals surface area contributed by atoms with Gasteiger partial charge in [-0.2, -0.15) is 0 Å². The van der Waals surface area contributed by atoms with Crippen molar-refractivity contribution in [2.45, 2.75) is 13.8 Å². The minimum atomic E-state index is 0.699. The number of benzene rings is 2. The quantitative estimate of drug-likeness (QED) is 0.578. The lowest BCUT2D eigenvalue weighted by Gasteiger charge is -1.92. The third-order valence-electron chi connectivity index (χ3n) is 2.89. The fourth-order valence-electron chi connectivity index (χ4n) is 1.83. The molecule has 3 nitrogen and oxygen atoms in total. The van der Waals surface area contributed by atoms with Gasteiger partial charge in [0.05, 0.1) is 15.9 Å². The second kappa shape index (κ2) is 4.90. The van der Waals surface area contributed by atoms with E-state index < -0.39 is 0 Å². The molecule has 0 atom stereocenters. The van der Waals surface area contributed by atoms with Crippen LogP contribution in [0.5, 0.6) is 0 Å². The Morgan fingerprint density at radius 3 is 2.47 bits per heavy atom. The zero-order valence-corrected chi connectivity index (χ0v) is 11.6. The summed E-state index contributed by atoms with van der Waals surface area (Å²) in [4.78, 5) is 4.50. The number of azo groups is 1. The molecule has 19 heavy (non-hydrogen) atoms. The fourth-order valence-corrected chi connectivity index (χ4v) is 2.69. The predicted molar refractivity (Wildman–Crippen MR) is 79.7 cm³/mol. The number of aryl methyl sites for hydroxylation is 2. The van der Waals surface area contributed by atoms with Crippen LogP contribution in [0.25, 0.3) is 10.2 Å². The maximum absolute atomic E-state index is 4.50. The highest BCUT2D eigenvalue weighted by Gasteiger charge is 2.04. The van der Waals surface area contributed by atoms with Gasteiger partial charge in [0.1, 0.15) is 0 Å². The first kappa shape index (κ1) is 12.0. The van der Waals surface area contributed by atoms with Gasteiger partial charge in [0.2, 0.25) is 5.13 Å². The van der Waals surface area contributed by atoms with E-state index in [1.807, 2.05) is 30.3 Å². The Balaban J connectivity index is 1.93. The van der Waals surface area contributed by atoms with Gasteiger partial charge in [0.25, 0.3) is 0 Å². The maximum atomic E-state index is 4.50. The van der Waals surface area contributed by atoms with E-state index in [1.54, 1.807) is 11.3 Å². The van der Waals surface area contributed by atoms with Crippen LogP contribution in [-0.4, -0.2) is 4.98 Å². The van der Waals surface area contributed by atoms with Crippen molar-refractivity contribution in [2.24, 2.45) is 10.2 Å². The van der Waals surface area contributed by atoms with Crippen molar-refractivity contribution in [3.05, 3.63) is 53.6 Å². The standard InChI is InChI=1S/C15H13N3S/c1-10-6-8-12(9-7-10)17-18-15-16-14-11(2)4-3-5-13(14)19-15/h3-9H,1-2H3. The van der Waals surface area contributed by atoms with Gasteiger partial charge in [-0.15, -0.1) is 10.2 Å². The third kappa shape index (κ3) is 2.53. The number of thiazole rings is 1. The van der Waals surface area contributed by atoms with E-state index in [9.17, 15) is 0 Å². The highest BCUT2D eigenvalue weighted by molar-refractivity contribution is 7.21. The van der Waals surface area contributed by atoms with Gasteiger partial charge in [-0.3, -0.25) is 0 Å². The van der Waals surface area contributed by atoms with E-state index in [1.165, 1.54) is 11.1 Å². The fraction of sp³-hybridized carbons (Fsp3) is 0.133. The van der Waals surface area contributed by atoms with E-state index in [-0.39, 0.29) is 0 Å². The molecule has 0 aliphatic rings. The number of rotatable bonds is 2. The van der Waals surface area contributed by atoms with Crippen LogP contribution in [0.4, 0.5) is 10.8 Å². The molecule has 1 aromatic heterocycles. The van der Waals surface area contributed by atoms with Crippen molar-refractivity contribution in [1.82, 2.24) is 4.98 Å². The van der Waals surface area contributed by atoms with Crippen LogP contribution in [0, 0.1) is 13.8 Å². The Kier molecular flexibility index (Phi) is 3.09. The molecular formula is C15H13N3S. The van der Waals surface area contributed by atoms with Crippen LogP contribution in [0.1, 0.15) is 11.1 Å². The van der Waals surface area contributed by atoms with Crippen LogP contribution >= 0.6 is 11.3 Å². The van der Waals surface area contributed by atoms with Gasteiger partial charge >= 0.3 is 0 Å². The Morgan fingerprint density at radius 1 is 0.947 bits per heavy atom. The van der Waals surface area contributed by atoms with Crippen LogP contribution in [0.3, 0.4) is 0 Å². The molecule has 0 N–H and O–H groups in total. The van der Waals surface area contributed by atoms with Crippen LogP contribution in [0.2, 0.25) is 0 Å². The second-order valence-electron chi connectivity index (χ2n) is 4.45. The zero-order valence-electron chi connectivity index (χ0n) is 10.8. The average molecular weight is 267 g/mol. The molecule has 0 amide bonds. The van der Waals surface area contributed by atoms with Gasteiger partial charge in [0, 0.05) is 0 Å². The lowest BCUT2D eigenvalue weighted by atomic mass is 10.2. The number of fused-ring (bicyclic) bond motifs is 1. The summed E-state index contributed by atoms with van der Waals surface area (Å²) in [6.07, 6.45) is 0. The molecule has 94 valence electrons. The van der Waals surface area contributed by atoms with E-state index in [0.717, 1.165) is 15.9 Å². The van der Waals surface area contributed by atoms with Crippen molar-refractivity contribution in [3.8, 4) is 0 Å². The van der Waals surface area contributed by atoms with Gasteiger partial charge in [-0.1, -0.05) is 41.2 Å². The Morgan fingerprint density at radius 2 is 1.74 bits per heavy atom. The number of hydrogen-bond donors (Lipinski definition) is 0. The molecule has 0 saturated heterocycles. The molecule has 4 heteroatoms. The first-order valence-electron chi connectivity index (χ1n) is 6.07. The Labute approximate surface area is 115 Å². The summed E-state index contributed by atoms with van der Waals surface area (Å²) in [7, 11) is 0. The summed E-state index contributed by atoms with van der Waals surface area (Å²) in [5.41, 5.74) is 4.26.